The van der Waals surface area contributed by atoms with Gasteiger partial charge in [-0.2, -0.15) is 0 Å². The van der Waals surface area contributed by atoms with Crippen LogP contribution in [0, 0.1) is 17.8 Å². The fourth-order valence-electron chi connectivity index (χ4n) is 3.83. The molecular formula is C15H19ClN2O. The molecule has 4 unspecified atom stereocenters. The molecule has 1 heterocycles. The second kappa shape index (κ2) is 5.12. The summed E-state index contributed by atoms with van der Waals surface area (Å²) in [6, 6.07) is 5.36. The smallest absolute Gasteiger partial charge is 0.270 e. The number of hydrogen-bond donors (Lipinski definition) is 1. The summed E-state index contributed by atoms with van der Waals surface area (Å²) in [6.07, 6.45) is 5.36. The van der Waals surface area contributed by atoms with Gasteiger partial charge in [-0.05, 0) is 56.1 Å². The average Bonchev–Trinajstić information content (AvgIpc) is 3.00. The molecule has 19 heavy (non-hydrogen) atoms. The Kier molecular flexibility index (Phi) is 3.48. The third-order valence-electron chi connectivity index (χ3n) is 4.74. The molecule has 0 saturated heterocycles. The lowest BCUT2D eigenvalue weighted by Crippen LogP contribution is -2.40. The normalized spacial score (nSPS) is 30.3. The Morgan fingerprint density at radius 1 is 1.42 bits per heavy atom. The first-order valence-corrected chi connectivity index (χ1v) is 7.44. The highest BCUT2D eigenvalue weighted by atomic mass is 35.5. The minimum Gasteiger partial charge on any atom is -0.348 e. The number of nitrogens with zero attached hydrogens (tertiary/aromatic N) is 1. The number of halogens is 1. The van der Waals surface area contributed by atoms with Crippen LogP contribution in [0.4, 0.5) is 0 Å². The Bertz CT molecular complexity index is 491. The number of amides is 1. The van der Waals surface area contributed by atoms with Crippen LogP contribution in [-0.2, 0) is 0 Å². The summed E-state index contributed by atoms with van der Waals surface area (Å²) in [5.74, 6) is 2.24. The predicted molar refractivity (Wildman–Crippen MR) is 75.1 cm³/mol. The summed E-state index contributed by atoms with van der Waals surface area (Å²) in [7, 11) is 0. The highest BCUT2D eigenvalue weighted by molar-refractivity contribution is 6.29. The van der Waals surface area contributed by atoms with Crippen LogP contribution in [-0.4, -0.2) is 16.9 Å². The van der Waals surface area contributed by atoms with Gasteiger partial charge < -0.3 is 5.32 Å². The van der Waals surface area contributed by atoms with E-state index in [1.165, 1.54) is 25.7 Å². The zero-order valence-electron chi connectivity index (χ0n) is 11.1. The van der Waals surface area contributed by atoms with E-state index in [-0.39, 0.29) is 11.9 Å². The van der Waals surface area contributed by atoms with Gasteiger partial charge in [0.05, 0.1) is 0 Å². The predicted octanol–water partition coefficient (Wildman–Crippen LogP) is 3.29. The zero-order valence-corrected chi connectivity index (χ0v) is 11.9. The van der Waals surface area contributed by atoms with Gasteiger partial charge in [0.2, 0.25) is 0 Å². The van der Waals surface area contributed by atoms with Crippen LogP contribution in [0.3, 0.4) is 0 Å². The summed E-state index contributed by atoms with van der Waals surface area (Å²) in [5.41, 5.74) is 0.405. The topological polar surface area (TPSA) is 42.0 Å². The molecule has 0 aliphatic heterocycles. The molecule has 0 radical (unpaired) electrons. The number of rotatable bonds is 3. The van der Waals surface area contributed by atoms with Crippen molar-refractivity contribution in [2.75, 3.05) is 0 Å². The molecule has 0 aromatic carbocycles. The Hall–Kier alpha value is -1.09. The molecule has 2 bridgehead atoms. The van der Waals surface area contributed by atoms with Gasteiger partial charge in [0, 0.05) is 6.04 Å². The van der Waals surface area contributed by atoms with Crippen LogP contribution in [0.5, 0.6) is 0 Å². The summed E-state index contributed by atoms with van der Waals surface area (Å²) in [6.45, 7) is 2.12. The fraction of sp³-hybridized carbons (Fsp3) is 0.600. The molecular weight excluding hydrogens is 260 g/mol. The van der Waals surface area contributed by atoms with Crippen molar-refractivity contribution < 1.29 is 4.79 Å². The van der Waals surface area contributed by atoms with Crippen LogP contribution in [0.15, 0.2) is 18.2 Å². The third-order valence-corrected chi connectivity index (χ3v) is 4.95. The fourth-order valence-corrected chi connectivity index (χ4v) is 3.99. The van der Waals surface area contributed by atoms with Gasteiger partial charge in [-0.15, -0.1) is 0 Å². The molecule has 3 rings (SSSR count). The SMILES string of the molecule is CC(NC(=O)c1cccc(Cl)n1)C1CC2CCC1C2. The lowest BCUT2D eigenvalue weighted by atomic mass is 9.84. The molecule has 2 saturated carbocycles. The van der Waals surface area contributed by atoms with E-state index in [9.17, 15) is 4.79 Å². The van der Waals surface area contributed by atoms with Crippen molar-refractivity contribution in [2.45, 2.75) is 38.6 Å². The second-order valence-electron chi connectivity index (χ2n) is 5.95. The van der Waals surface area contributed by atoms with Gasteiger partial charge in [-0.3, -0.25) is 4.79 Å². The molecule has 102 valence electrons. The average molecular weight is 279 g/mol. The van der Waals surface area contributed by atoms with E-state index in [4.69, 9.17) is 11.6 Å². The quantitative estimate of drug-likeness (QED) is 0.862. The van der Waals surface area contributed by atoms with E-state index < -0.39 is 0 Å². The first kappa shape index (κ1) is 12.9. The standard InChI is InChI=1S/C15H19ClN2O/c1-9(12-8-10-5-6-11(12)7-10)17-15(19)13-3-2-4-14(16)18-13/h2-4,9-12H,5-8H2,1H3,(H,17,19). The van der Waals surface area contributed by atoms with E-state index in [2.05, 4.69) is 17.2 Å². The molecule has 0 spiro atoms. The molecule has 2 aliphatic carbocycles. The minimum atomic E-state index is -0.113. The molecule has 1 aromatic rings. The van der Waals surface area contributed by atoms with Gasteiger partial charge in [0.15, 0.2) is 0 Å². The van der Waals surface area contributed by atoms with E-state index in [1.54, 1.807) is 18.2 Å². The van der Waals surface area contributed by atoms with E-state index >= 15 is 0 Å². The molecule has 1 N–H and O–H groups in total. The molecule has 1 amide bonds. The molecule has 4 atom stereocenters. The maximum Gasteiger partial charge on any atom is 0.270 e. The highest BCUT2D eigenvalue weighted by Crippen LogP contribution is 2.49. The highest BCUT2D eigenvalue weighted by Gasteiger charge is 2.42. The number of carbonyl (C=O) groups is 1. The maximum atomic E-state index is 12.1. The number of pyridine rings is 1. The third kappa shape index (κ3) is 2.62. The van der Waals surface area contributed by atoms with Gasteiger partial charge in [0.1, 0.15) is 10.8 Å². The van der Waals surface area contributed by atoms with E-state index in [1.807, 2.05) is 0 Å². The summed E-state index contributed by atoms with van der Waals surface area (Å²) in [4.78, 5) is 16.2. The number of fused-ring (bicyclic) bond motifs is 2. The van der Waals surface area contributed by atoms with Crippen LogP contribution >= 0.6 is 11.6 Å². The molecule has 2 aliphatic rings. The van der Waals surface area contributed by atoms with Crippen molar-refractivity contribution >= 4 is 17.5 Å². The monoisotopic (exact) mass is 278 g/mol. The Morgan fingerprint density at radius 2 is 2.26 bits per heavy atom. The summed E-state index contributed by atoms with van der Waals surface area (Å²) < 4.78 is 0. The van der Waals surface area contributed by atoms with Crippen molar-refractivity contribution in [3.05, 3.63) is 29.0 Å². The van der Waals surface area contributed by atoms with Crippen molar-refractivity contribution in [2.24, 2.45) is 17.8 Å². The number of nitrogens with one attached hydrogen (secondary N) is 1. The largest absolute Gasteiger partial charge is 0.348 e. The lowest BCUT2D eigenvalue weighted by molar-refractivity contribution is 0.0910. The van der Waals surface area contributed by atoms with Crippen molar-refractivity contribution in [1.29, 1.82) is 0 Å². The van der Waals surface area contributed by atoms with Crippen LogP contribution in [0.1, 0.15) is 43.1 Å². The van der Waals surface area contributed by atoms with Crippen molar-refractivity contribution in [1.82, 2.24) is 10.3 Å². The second-order valence-corrected chi connectivity index (χ2v) is 6.33. The van der Waals surface area contributed by atoms with Gasteiger partial charge >= 0.3 is 0 Å². The lowest BCUT2D eigenvalue weighted by Gasteiger charge is -2.28. The van der Waals surface area contributed by atoms with Gasteiger partial charge in [-0.25, -0.2) is 4.98 Å². The molecule has 3 nitrogen and oxygen atoms in total. The van der Waals surface area contributed by atoms with Gasteiger partial charge in [0.25, 0.3) is 5.91 Å². The minimum absolute atomic E-state index is 0.113. The Balaban J connectivity index is 1.63. The Labute approximate surface area is 118 Å². The van der Waals surface area contributed by atoms with Crippen LogP contribution < -0.4 is 5.32 Å². The number of carbonyl (C=O) groups excluding carboxylic acids is 1. The Morgan fingerprint density at radius 3 is 2.89 bits per heavy atom. The van der Waals surface area contributed by atoms with E-state index in [0.29, 0.717) is 16.8 Å². The molecule has 1 aromatic heterocycles. The summed E-state index contributed by atoms with van der Waals surface area (Å²) in [5, 5.41) is 3.45. The van der Waals surface area contributed by atoms with Crippen LogP contribution in [0.2, 0.25) is 5.15 Å². The molecule has 2 fully saturated rings. The summed E-state index contributed by atoms with van der Waals surface area (Å²) >= 11 is 5.81. The molecule has 4 heteroatoms. The first-order chi connectivity index (χ1) is 9.13. The zero-order chi connectivity index (χ0) is 13.4. The number of hydrogen-bond acceptors (Lipinski definition) is 2. The number of aromatic nitrogens is 1. The first-order valence-electron chi connectivity index (χ1n) is 7.07. The van der Waals surface area contributed by atoms with E-state index in [0.717, 1.165) is 11.8 Å². The maximum absolute atomic E-state index is 12.1. The van der Waals surface area contributed by atoms with Crippen LogP contribution in [0.25, 0.3) is 0 Å². The van der Waals surface area contributed by atoms with Gasteiger partial charge in [-0.1, -0.05) is 24.1 Å². The van der Waals surface area contributed by atoms with Crippen molar-refractivity contribution in [3.8, 4) is 0 Å². The van der Waals surface area contributed by atoms with Crippen molar-refractivity contribution in [3.63, 3.8) is 0 Å².